The van der Waals surface area contributed by atoms with Crippen LogP contribution in [0.4, 0.5) is 0 Å². The first-order chi connectivity index (χ1) is 5.68. The summed E-state index contributed by atoms with van der Waals surface area (Å²) >= 11 is 1.59. The van der Waals surface area contributed by atoms with Crippen LogP contribution < -0.4 is 0 Å². The number of rotatable bonds is 4. The summed E-state index contributed by atoms with van der Waals surface area (Å²) in [5, 5.41) is 9.53. The molecule has 68 valence electrons. The smallest absolute Gasteiger partial charge is 0.0794 e. The Kier molecular flexibility index (Phi) is 3.65. The molecule has 0 fully saturated rings. The number of thiazole rings is 1. The van der Waals surface area contributed by atoms with E-state index in [4.69, 9.17) is 0 Å². The summed E-state index contributed by atoms with van der Waals surface area (Å²) in [5.41, 5.74) is 1.79. The Hall–Kier alpha value is -0.450. The molecule has 3 nitrogen and oxygen atoms in total. The fraction of sp³-hybridized carbons (Fsp3) is 0.625. The van der Waals surface area contributed by atoms with Crippen LogP contribution in [0.15, 0.2) is 11.7 Å². The van der Waals surface area contributed by atoms with Crippen LogP contribution in [0.1, 0.15) is 4.88 Å². The molecule has 12 heavy (non-hydrogen) atoms. The molecule has 1 rings (SSSR count). The van der Waals surface area contributed by atoms with Crippen molar-refractivity contribution < 1.29 is 5.11 Å². The molecule has 0 spiro atoms. The third-order valence-corrected chi connectivity index (χ3v) is 2.30. The standard InChI is InChI=1S/C8H14N2OS/c1-10(2)5-7(11)3-8-4-9-6-12-8/h4,6-7,11H,3,5H2,1-2H3. The minimum Gasteiger partial charge on any atom is -0.391 e. The summed E-state index contributed by atoms with van der Waals surface area (Å²) in [6.07, 6.45) is 2.24. The van der Waals surface area contributed by atoms with Gasteiger partial charge in [-0.1, -0.05) is 0 Å². The maximum atomic E-state index is 9.53. The predicted molar refractivity (Wildman–Crippen MR) is 50.4 cm³/mol. The highest BCUT2D eigenvalue weighted by molar-refractivity contribution is 7.09. The van der Waals surface area contributed by atoms with Crippen molar-refractivity contribution in [3.63, 3.8) is 0 Å². The van der Waals surface area contributed by atoms with Crippen LogP contribution >= 0.6 is 11.3 Å². The number of likely N-dealkylation sites (N-methyl/N-ethyl adjacent to an activating group) is 1. The molecule has 0 aliphatic rings. The maximum Gasteiger partial charge on any atom is 0.0794 e. The van der Waals surface area contributed by atoms with E-state index >= 15 is 0 Å². The van der Waals surface area contributed by atoms with E-state index in [1.807, 2.05) is 25.2 Å². The molecule has 4 heteroatoms. The van der Waals surface area contributed by atoms with Gasteiger partial charge in [-0.05, 0) is 14.1 Å². The van der Waals surface area contributed by atoms with E-state index in [9.17, 15) is 5.11 Å². The van der Waals surface area contributed by atoms with E-state index in [2.05, 4.69) is 4.98 Å². The quantitative estimate of drug-likeness (QED) is 0.748. The number of aliphatic hydroxyl groups excluding tert-OH is 1. The van der Waals surface area contributed by atoms with Gasteiger partial charge in [-0.3, -0.25) is 4.98 Å². The maximum absolute atomic E-state index is 9.53. The van der Waals surface area contributed by atoms with Crippen LogP contribution in [0.2, 0.25) is 0 Å². The van der Waals surface area contributed by atoms with Crippen molar-refractivity contribution in [2.45, 2.75) is 12.5 Å². The minimum atomic E-state index is -0.277. The minimum absolute atomic E-state index is 0.277. The van der Waals surface area contributed by atoms with Gasteiger partial charge in [0.1, 0.15) is 0 Å². The molecule has 0 amide bonds. The Bertz CT molecular complexity index is 211. The van der Waals surface area contributed by atoms with Crippen molar-refractivity contribution >= 4 is 11.3 Å². The molecule has 0 radical (unpaired) electrons. The van der Waals surface area contributed by atoms with Gasteiger partial charge >= 0.3 is 0 Å². The first kappa shape index (κ1) is 9.64. The van der Waals surface area contributed by atoms with Crippen LogP contribution in [0, 0.1) is 0 Å². The van der Waals surface area contributed by atoms with Gasteiger partial charge in [0.2, 0.25) is 0 Å². The topological polar surface area (TPSA) is 36.4 Å². The highest BCUT2D eigenvalue weighted by Crippen LogP contribution is 2.08. The molecule has 0 bridgehead atoms. The zero-order valence-electron chi connectivity index (χ0n) is 7.40. The summed E-state index contributed by atoms with van der Waals surface area (Å²) in [4.78, 5) is 7.07. The average molecular weight is 186 g/mol. The first-order valence-corrected chi connectivity index (χ1v) is 4.76. The predicted octanol–water partition coefficient (Wildman–Crippen LogP) is 0.608. The van der Waals surface area contributed by atoms with E-state index in [-0.39, 0.29) is 6.10 Å². The SMILES string of the molecule is CN(C)CC(O)Cc1cncs1. The molecular formula is C8H14N2OS. The van der Waals surface area contributed by atoms with E-state index in [0.29, 0.717) is 13.0 Å². The Balaban J connectivity index is 2.32. The molecule has 0 saturated heterocycles. The van der Waals surface area contributed by atoms with Crippen LogP contribution in [0.25, 0.3) is 0 Å². The van der Waals surface area contributed by atoms with Crippen molar-refractivity contribution in [3.05, 3.63) is 16.6 Å². The van der Waals surface area contributed by atoms with Crippen molar-refractivity contribution in [3.8, 4) is 0 Å². The molecule has 0 aliphatic carbocycles. The van der Waals surface area contributed by atoms with Crippen molar-refractivity contribution in [1.29, 1.82) is 0 Å². The normalized spacial score (nSPS) is 13.7. The van der Waals surface area contributed by atoms with Gasteiger partial charge in [0.15, 0.2) is 0 Å². The number of aromatic nitrogens is 1. The second-order valence-electron chi connectivity index (χ2n) is 3.09. The lowest BCUT2D eigenvalue weighted by Gasteiger charge is -2.14. The molecule has 1 heterocycles. The Morgan fingerprint density at radius 3 is 2.92 bits per heavy atom. The molecule has 1 unspecified atom stereocenters. The highest BCUT2D eigenvalue weighted by Gasteiger charge is 2.07. The molecule has 1 aromatic rings. The van der Waals surface area contributed by atoms with Gasteiger partial charge in [-0.25, -0.2) is 0 Å². The van der Waals surface area contributed by atoms with Crippen molar-refractivity contribution in [2.75, 3.05) is 20.6 Å². The van der Waals surface area contributed by atoms with Crippen LogP contribution in [-0.2, 0) is 6.42 Å². The lowest BCUT2D eigenvalue weighted by molar-refractivity contribution is 0.138. The summed E-state index contributed by atoms with van der Waals surface area (Å²) in [5.74, 6) is 0. The van der Waals surface area contributed by atoms with E-state index in [0.717, 1.165) is 4.88 Å². The number of hydrogen-bond donors (Lipinski definition) is 1. The molecule has 1 aromatic heterocycles. The summed E-state index contributed by atoms with van der Waals surface area (Å²) in [6.45, 7) is 0.706. The summed E-state index contributed by atoms with van der Waals surface area (Å²) < 4.78 is 0. The molecule has 0 aromatic carbocycles. The summed E-state index contributed by atoms with van der Waals surface area (Å²) in [6, 6.07) is 0. The van der Waals surface area contributed by atoms with Gasteiger partial charge in [0.05, 0.1) is 11.6 Å². The molecule has 0 aliphatic heterocycles. The van der Waals surface area contributed by atoms with Crippen molar-refractivity contribution in [2.24, 2.45) is 0 Å². The molecular weight excluding hydrogens is 172 g/mol. The molecule has 1 atom stereocenters. The van der Waals surface area contributed by atoms with Gasteiger partial charge in [-0.15, -0.1) is 11.3 Å². The highest BCUT2D eigenvalue weighted by atomic mass is 32.1. The fourth-order valence-corrected chi connectivity index (χ4v) is 1.73. The third kappa shape index (κ3) is 3.30. The first-order valence-electron chi connectivity index (χ1n) is 3.88. The van der Waals surface area contributed by atoms with Crippen molar-refractivity contribution in [1.82, 2.24) is 9.88 Å². The van der Waals surface area contributed by atoms with Crippen LogP contribution in [0.3, 0.4) is 0 Å². The zero-order chi connectivity index (χ0) is 8.97. The van der Waals surface area contributed by atoms with Gasteiger partial charge in [0, 0.05) is 24.0 Å². The van der Waals surface area contributed by atoms with E-state index in [1.54, 1.807) is 16.8 Å². The lowest BCUT2D eigenvalue weighted by atomic mass is 10.2. The van der Waals surface area contributed by atoms with Gasteiger partial charge in [0.25, 0.3) is 0 Å². The Labute approximate surface area is 76.7 Å². The van der Waals surface area contributed by atoms with E-state index < -0.39 is 0 Å². The number of aliphatic hydroxyl groups is 1. The van der Waals surface area contributed by atoms with E-state index in [1.165, 1.54) is 0 Å². The number of nitrogens with zero attached hydrogens (tertiary/aromatic N) is 2. The average Bonchev–Trinajstić information content (AvgIpc) is 2.37. The monoisotopic (exact) mass is 186 g/mol. The lowest BCUT2D eigenvalue weighted by Crippen LogP contribution is -2.27. The van der Waals surface area contributed by atoms with Gasteiger partial charge < -0.3 is 10.0 Å². The Morgan fingerprint density at radius 2 is 2.42 bits per heavy atom. The Morgan fingerprint density at radius 1 is 1.67 bits per heavy atom. The largest absolute Gasteiger partial charge is 0.391 e. The molecule has 0 saturated carbocycles. The van der Waals surface area contributed by atoms with Crippen LogP contribution in [-0.4, -0.2) is 41.7 Å². The molecule has 1 N–H and O–H groups in total. The fourth-order valence-electron chi connectivity index (χ4n) is 1.06. The summed E-state index contributed by atoms with van der Waals surface area (Å²) in [7, 11) is 3.91. The second kappa shape index (κ2) is 4.54. The zero-order valence-corrected chi connectivity index (χ0v) is 8.21. The third-order valence-electron chi connectivity index (χ3n) is 1.50. The van der Waals surface area contributed by atoms with Gasteiger partial charge in [-0.2, -0.15) is 0 Å². The second-order valence-corrected chi connectivity index (χ2v) is 4.06. The number of hydrogen-bond acceptors (Lipinski definition) is 4. The van der Waals surface area contributed by atoms with Crippen LogP contribution in [0.5, 0.6) is 0 Å².